The largest absolute Gasteiger partial charge is 0.493 e. The van der Waals surface area contributed by atoms with Crippen molar-refractivity contribution in [1.82, 2.24) is 5.32 Å². The van der Waals surface area contributed by atoms with Gasteiger partial charge in [-0.05, 0) is 36.8 Å². The quantitative estimate of drug-likeness (QED) is 0.411. The SMILES string of the molecule is COc1cc([C@@H]2[C@H](C)N[C@]3(C(=O)Nc4ccccc43)[C@@H]2[N+](=O)[O-])ccc1OCc1ccccc1F. The number of carbonyl (C=O) groups is 1. The van der Waals surface area contributed by atoms with Crippen molar-refractivity contribution >= 4 is 11.6 Å². The van der Waals surface area contributed by atoms with Crippen LogP contribution in [0.4, 0.5) is 10.1 Å². The minimum absolute atomic E-state index is 0.00135. The van der Waals surface area contributed by atoms with Crippen molar-refractivity contribution in [3.63, 3.8) is 0 Å². The maximum Gasteiger partial charge on any atom is 0.256 e. The Morgan fingerprint density at radius 3 is 2.57 bits per heavy atom. The lowest BCUT2D eigenvalue weighted by molar-refractivity contribution is -0.532. The van der Waals surface area contributed by atoms with E-state index in [4.69, 9.17) is 9.47 Å². The number of nitrogens with one attached hydrogen (secondary N) is 2. The van der Waals surface area contributed by atoms with E-state index in [1.807, 2.05) is 6.92 Å². The summed E-state index contributed by atoms with van der Waals surface area (Å²) in [4.78, 5) is 25.2. The number of anilines is 1. The number of hydrogen-bond donors (Lipinski definition) is 2. The minimum Gasteiger partial charge on any atom is -0.493 e. The minimum atomic E-state index is -1.49. The van der Waals surface area contributed by atoms with Crippen LogP contribution in [0.3, 0.4) is 0 Å². The van der Waals surface area contributed by atoms with E-state index in [0.29, 0.717) is 33.9 Å². The molecule has 2 aliphatic rings. The third kappa shape index (κ3) is 3.59. The molecule has 8 nitrogen and oxygen atoms in total. The van der Waals surface area contributed by atoms with E-state index in [0.717, 1.165) is 0 Å². The molecule has 5 rings (SSSR count). The van der Waals surface area contributed by atoms with Gasteiger partial charge in [-0.3, -0.25) is 20.2 Å². The van der Waals surface area contributed by atoms with Gasteiger partial charge < -0.3 is 14.8 Å². The molecule has 2 N–H and O–H groups in total. The average molecular weight is 477 g/mol. The van der Waals surface area contributed by atoms with E-state index in [1.165, 1.54) is 13.2 Å². The second kappa shape index (κ2) is 8.66. The molecule has 0 aromatic heterocycles. The van der Waals surface area contributed by atoms with Crippen molar-refractivity contribution in [1.29, 1.82) is 0 Å². The molecule has 1 amide bonds. The lowest BCUT2D eigenvalue weighted by atomic mass is 9.78. The topological polar surface area (TPSA) is 103 Å². The molecule has 2 heterocycles. The van der Waals surface area contributed by atoms with Gasteiger partial charge in [0.1, 0.15) is 12.4 Å². The Hall–Kier alpha value is -3.98. The summed E-state index contributed by atoms with van der Waals surface area (Å²) >= 11 is 0. The second-order valence-electron chi connectivity index (χ2n) is 8.79. The van der Waals surface area contributed by atoms with Gasteiger partial charge in [-0.2, -0.15) is 0 Å². The van der Waals surface area contributed by atoms with E-state index in [1.54, 1.807) is 60.7 Å². The van der Waals surface area contributed by atoms with Crippen LogP contribution in [-0.4, -0.2) is 30.0 Å². The summed E-state index contributed by atoms with van der Waals surface area (Å²) in [5.41, 5.74) is 0.679. The summed E-state index contributed by atoms with van der Waals surface area (Å²) < 4.78 is 25.3. The number of halogens is 1. The normalized spacial score (nSPS) is 24.8. The fraction of sp³-hybridized carbons (Fsp3) is 0.269. The van der Waals surface area contributed by atoms with Crippen LogP contribution in [0.25, 0.3) is 0 Å². The first-order valence-corrected chi connectivity index (χ1v) is 11.2. The van der Waals surface area contributed by atoms with Crippen LogP contribution in [0.15, 0.2) is 66.7 Å². The molecule has 0 radical (unpaired) electrons. The van der Waals surface area contributed by atoms with Gasteiger partial charge in [0.05, 0.1) is 13.0 Å². The number of para-hydroxylation sites is 1. The predicted molar refractivity (Wildman–Crippen MR) is 127 cm³/mol. The Kier molecular flexibility index (Phi) is 5.64. The number of amides is 1. The molecule has 3 aromatic carbocycles. The van der Waals surface area contributed by atoms with Crippen molar-refractivity contribution in [3.05, 3.63) is 99.4 Å². The second-order valence-corrected chi connectivity index (χ2v) is 8.79. The number of hydrogen-bond acceptors (Lipinski definition) is 6. The average Bonchev–Trinajstić information content (AvgIpc) is 3.32. The zero-order valence-electron chi connectivity index (χ0n) is 19.2. The molecule has 1 spiro atoms. The Bertz CT molecular complexity index is 1320. The molecule has 1 saturated heterocycles. The number of methoxy groups -OCH3 is 1. The first-order chi connectivity index (χ1) is 16.9. The summed E-state index contributed by atoms with van der Waals surface area (Å²) in [6.45, 7) is 1.83. The molecule has 0 saturated carbocycles. The van der Waals surface area contributed by atoms with Gasteiger partial charge >= 0.3 is 0 Å². The highest BCUT2D eigenvalue weighted by atomic mass is 19.1. The number of benzene rings is 3. The summed E-state index contributed by atoms with van der Waals surface area (Å²) in [7, 11) is 1.47. The van der Waals surface area contributed by atoms with E-state index in [-0.39, 0.29) is 17.3 Å². The summed E-state index contributed by atoms with van der Waals surface area (Å²) in [5.74, 6) is -0.689. The van der Waals surface area contributed by atoms with Crippen molar-refractivity contribution in [2.75, 3.05) is 12.4 Å². The van der Waals surface area contributed by atoms with Gasteiger partial charge in [-0.1, -0.05) is 42.5 Å². The van der Waals surface area contributed by atoms with Gasteiger partial charge in [0.25, 0.3) is 11.9 Å². The van der Waals surface area contributed by atoms with Crippen LogP contribution >= 0.6 is 0 Å². The highest BCUT2D eigenvalue weighted by molar-refractivity contribution is 6.07. The molecular formula is C26H24FN3O5. The van der Waals surface area contributed by atoms with Gasteiger partial charge in [-0.25, -0.2) is 4.39 Å². The highest BCUT2D eigenvalue weighted by Gasteiger charge is 2.67. The molecule has 3 aromatic rings. The summed E-state index contributed by atoms with van der Waals surface area (Å²) in [6, 6.07) is 16.8. The first kappa shape index (κ1) is 22.8. The van der Waals surface area contributed by atoms with Crippen molar-refractivity contribution in [2.24, 2.45) is 0 Å². The summed E-state index contributed by atoms with van der Waals surface area (Å²) in [6.07, 6.45) is 0. The smallest absolute Gasteiger partial charge is 0.256 e. The van der Waals surface area contributed by atoms with Crippen LogP contribution in [0.5, 0.6) is 11.5 Å². The number of ether oxygens (including phenoxy) is 2. The Labute approximate surface area is 201 Å². The standard InChI is InChI=1S/C26H24FN3O5/c1-15-23(24(30(32)33)26(29-15)18-8-4-6-10-20(18)28-25(26)31)16-11-12-21(22(13-16)34-2)35-14-17-7-3-5-9-19(17)27/h3-13,15,23-24,29H,14H2,1-2H3,(H,28,31)/t15-,23-,24+,26-/m0/s1. The fourth-order valence-electron chi connectivity index (χ4n) is 5.34. The van der Waals surface area contributed by atoms with Gasteiger partial charge in [0.2, 0.25) is 0 Å². The Balaban J connectivity index is 1.50. The number of nitro groups is 1. The van der Waals surface area contributed by atoms with Gasteiger partial charge in [-0.15, -0.1) is 0 Å². The van der Waals surface area contributed by atoms with Crippen LogP contribution in [0, 0.1) is 15.9 Å². The maximum atomic E-state index is 14.0. The first-order valence-electron chi connectivity index (χ1n) is 11.2. The van der Waals surface area contributed by atoms with E-state index in [9.17, 15) is 19.3 Å². The van der Waals surface area contributed by atoms with E-state index >= 15 is 0 Å². The molecule has 9 heteroatoms. The van der Waals surface area contributed by atoms with E-state index < -0.39 is 29.4 Å². The maximum absolute atomic E-state index is 14.0. The number of rotatable bonds is 6. The molecule has 4 atom stereocenters. The number of nitrogens with zero attached hydrogens (tertiary/aromatic N) is 1. The molecule has 0 aliphatic carbocycles. The van der Waals surface area contributed by atoms with E-state index in [2.05, 4.69) is 10.6 Å². The monoisotopic (exact) mass is 477 g/mol. The zero-order valence-corrected chi connectivity index (χ0v) is 19.2. The van der Waals surface area contributed by atoms with Gasteiger partial charge in [0, 0.05) is 27.8 Å². The molecule has 0 bridgehead atoms. The van der Waals surface area contributed by atoms with Crippen LogP contribution in [0.2, 0.25) is 0 Å². The van der Waals surface area contributed by atoms with Crippen LogP contribution < -0.4 is 20.1 Å². The zero-order chi connectivity index (χ0) is 24.7. The van der Waals surface area contributed by atoms with Crippen molar-refractivity contribution in [2.45, 2.75) is 37.1 Å². The molecular weight excluding hydrogens is 453 g/mol. The lowest BCUT2D eigenvalue weighted by Gasteiger charge is -2.25. The molecule has 1 fully saturated rings. The molecule has 35 heavy (non-hydrogen) atoms. The third-order valence-electron chi connectivity index (χ3n) is 6.88. The predicted octanol–water partition coefficient (Wildman–Crippen LogP) is 3.98. The Morgan fingerprint density at radius 2 is 1.83 bits per heavy atom. The molecule has 0 unspecified atom stereocenters. The lowest BCUT2D eigenvalue weighted by Crippen LogP contribution is -2.54. The third-order valence-corrected chi connectivity index (χ3v) is 6.88. The number of carbonyl (C=O) groups excluding carboxylic acids is 1. The molecule has 180 valence electrons. The number of fused-ring (bicyclic) bond motifs is 2. The van der Waals surface area contributed by atoms with Crippen molar-refractivity contribution < 1.29 is 23.6 Å². The summed E-state index contributed by atoms with van der Waals surface area (Å²) in [5, 5.41) is 18.5. The van der Waals surface area contributed by atoms with Gasteiger partial charge in [0.15, 0.2) is 17.0 Å². The van der Waals surface area contributed by atoms with Crippen LogP contribution in [0.1, 0.15) is 29.5 Å². The van der Waals surface area contributed by atoms with Crippen molar-refractivity contribution in [3.8, 4) is 11.5 Å². The molecule has 2 aliphatic heterocycles. The van der Waals surface area contributed by atoms with Crippen LogP contribution in [-0.2, 0) is 16.9 Å². The fourth-order valence-corrected chi connectivity index (χ4v) is 5.34. The highest BCUT2D eigenvalue weighted by Crippen LogP contribution is 2.50. The Morgan fingerprint density at radius 1 is 1.09 bits per heavy atom.